The number of nitrogens with two attached hydrogens (primary N) is 1. The second kappa shape index (κ2) is 17.9. The number of imidazole rings is 1. The molecule has 0 saturated carbocycles. The van der Waals surface area contributed by atoms with Crippen LogP contribution in [0.15, 0.2) is 18.5 Å². The first-order valence-corrected chi connectivity index (χ1v) is 10.8. The number of aromatic nitrogens is 4. The number of nitrogen functional groups attached to an aromatic ring is 1. The molecule has 2 heterocycles. The third kappa shape index (κ3) is 11.4. The second-order valence-electron chi connectivity index (χ2n) is 6.42. The topological polar surface area (TPSA) is 88.1 Å². The fourth-order valence-corrected chi connectivity index (χ4v) is 2.49. The molecule has 0 spiro atoms. The molecule has 0 saturated heterocycles. The summed E-state index contributed by atoms with van der Waals surface area (Å²) in [6.45, 7) is 9.46. The van der Waals surface area contributed by atoms with Gasteiger partial charge in [0.05, 0.1) is 12.9 Å². The first kappa shape index (κ1) is 26.9. The van der Waals surface area contributed by atoms with Crippen LogP contribution in [0.2, 0.25) is 0 Å². The van der Waals surface area contributed by atoms with Crippen LogP contribution in [0.25, 0.3) is 11.2 Å². The Balaban J connectivity index is 0.000000606. The number of ether oxygens (including phenoxy) is 2. The number of hydrogen-bond acceptors (Lipinski definition) is 6. The number of methoxy groups -OCH3 is 1. The molecule has 0 amide bonds. The van der Waals surface area contributed by atoms with Crippen LogP contribution in [-0.4, -0.2) is 39.8 Å². The molecule has 0 fully saturated rings. The number of anilines is 1. The van der Waals surface area contributed by atoms with E-state index < -0.39 is 0 Å². The van der Waals surface area contributed by atoms with Crippen LogP contribution in [0.5, 0.6) is 5.88 Å². The van der Waals surface area contributed by atoms with Gasteiger partial charge in [0.2, 0.25) is 11.8 Å². The van der Waals surface area contributed by atoms with E-state index in [9.17, 15) is 0 Å². The molecule has 0 aliphatic rings. The van der Waals surface area contributed by atoms with Gasteiger partial charge in [0.25, 0.3) is 0 Å². The van der Waals surface area contributed by atoms with Gasteiger partial charge in [-0.15, -0.1) is 0 Å². The Bertz CT molecular complexity index is 665. The highest BCUT2D eigenvalue weighted by atomic mass is 16.5. The molecule has 0 aliphatic carbocycles. The molecule has 2 rings (SSSR count). The van der Waals surface area contributed by atoms with Gasteiger partial charge in [-0.25, -0.2) is 4.98 Å². The maximum atomic E-state index is 5.62. The van der Waals surface area contributed by atoms with Crippen molar-refractivity contribution < 1.29 is 9.47 Å². The van der Waals surface area contributed by atoms with Crippen LogP contribution in [0.3, 0.4) is 0 Å². The van der Waals surface area contributed by atoms with Gasteiger partial charge in [0.1, 0.15) is 6.61 Å². The maximum Gasteiger partial charge on any atom is 0.247 e. The average molecular weight is 408 g/mol. The molecule has 2 aromatic heterocycles. The highest BCUT2D eigenvalue weighted by Crippen LogP contribution is 2.20. The van der Waals surface area contributed by atoms with E-state index in [1.807, 2.05) is 33.0 Å². The van der Waals surface area contributed by atoms with E-state index in [4.69, 9.17) is 15.2 Å². The molecule has 0 bridgehead atoms. The molecular weight excluding hydrogens is 366 g/mol. The molecule has 0 unspecified atom stereocenters. The van der Waals surface area contributed by atoms with Crippen molar-refractivity contribution in [2.75, 3.05) is 26.1 Å². The van der Waals surface area contributed by atoms with Crippen LogP contribution in [0.4, 0.5) is 5.95 Å². The molecule has 2 N–H and O–H groups in total. The van der Waals surface area contributed by atoms with Gasteiger partial charge in [-0.1, -0.05) is 78.7 Å². The first-order valence-electron chi connectivity index (χ1n) is 10.8. The largest absolute Gasteiger partial charge is 0.472 e. The van der Waals surface area contributed by atoms with Gasteiger partial charge in [-0.05, 0) is 6.08 Å². The normalized spacial score (nSPS) is 10.4. The molecule has 7 heteroatoms. The summed E-state index contributed by atoms with van der Waals surface area (Å²) >= 11 is 0. The Morgan fingerprint density at radius 1 is 0.966 bits per heavy atom. The van der Waals surface area contributed by atoms with Crippen LogP contribution in [0, 0.1) is 0 Å². The Morgan fingerprint density at radius 3 is 2.14 bits per heavy atom. The quantitative estimate of drug-likeness (QED) is 0.401. The van der Waals surface area contributed by atoms with Crippen molar-refractivity contribution in [1.29, 1.82) is 0 Å². The minimum Gasteiger partial charge on any atom is -0.472 e. The van der Waals surface area contributed by atoms with Crippen LogP contribution in [-0.2, 0) is 11.8 Å². The summed E-state index contributed by atoms with van der Waals surface area (Å²) in [7, 11) is 3.47. The Kier molecular flexibility index (Phi) is 16.6. The molecule has 0 atom stereocenters. The molecule has 7 nitrogen and oxygen atoms in total. The van der Waals surface area contributed by atoms with E-state index in [1.165, 1.54) is 44.9 Å². The third-order valence-corrected chi connectivity index (χ3v) is 4.00. The summed E-state index contributed by atoms with van der Waals surface area (Å²) in [6.07, 6.45) is 15.3. The Morgan fingerprint density at radius 2 is 1.55 bits per heavy atom. The molecule has 0 radical (unpaired) electrons. The van der Waals surface area contributed by atoms with Crippen molar-refractivity contribution in [3.8, 4) is 5.88 Å². The van der Waals surface area contributed by atoms with Gasteiger partial charge in [0.15, 0.2) is 11.2 Å². The standard InChI is InChI=1S/C11H15N5O2.C9H20.C2H6/c1-16-7-13-8-9(16)14-11(12)15-10(8)18-6-4-3-5-17-2;1-3-5-7-9-8-6-4-2;1-2/h3-4,7H,5-6H2,1-2H3,(H2,12,14,15);3-9H2,1-2H3;1-2H3/b4-3+;;. The van der Waals surface area contributed by atoms with Gasteiger partial charge >= 0.3 is 0 Å². The van der Waals surface area contributed by atoms with E-state index in [0.717, 1.165) is 0 Å². The Labute approximate surface area is 176 Å². The number of fused-ring (bicyclic) bond motifs is 1. The molecule has 166 valence electrons. The summed E-state index contributed by atoms with van der Waals surface area (Å²) in [5, 5.41) is 0. The van der Waals surface area contributed by atoms with Gasteiger partial charge in [0, 0.05) is 14.2 Å². The van der Waals surface area contributed by atoms with Crippen LogP contribution in [0.1, 0.15) is 72.6 Å². The van der Waals surface area contributed by atoms with Crippen molar-refractivity contribution in [2.45, 2.75) is 72.6 Å². The monoisotopic (exact) mass is 407 g/mol. The van der Waals surface area contributed by atoms with Crippen molar-refractivity contribution in [1.82, 2.24) is 19.5 Å². The van der Waals surface area contributed by atoms with E-state index in [-0.39, 0.29) is 5.95 Å². The predicted octanol–water partition coefficient (Wildman–Crippen LogP) is 5.31. The van der Waals surface area contributed by atoms with E-state index in [2.05, 4.69) is 28.8 Å². The number of rotatable bonds is 11. The predicted molar refractivity (Wildman–Crippen MR) is 122 cm³/mol. The van der Waals surface area contributed by atoms with Crippen LogP contribution >= 0.6 is 0 Å². The average Bonchev–Trinajstić information content (AvgIpc) is 3.10. The zero-order valence-corrected chi connectivity index (χ0v) is 19.3. The van der Waals surface area contributed by atoms with E-state index >= 15 is 0 Å². The van der Waals surface area contributed by atoms with E-state index in [0.29, 0.717) is 30.3 Å². The number of aryl methyl sites for hydroxylation is 1. The molecule has 2 aromatic rings. The summed E-state index contributed by atoms with van der Waals surface area (Å²) < 4.78 is 12.2. The highest BCUT2D eigenvalue weighted by molar-refractivity contribution is 5.77. The minimum atomic E-state index is 0.168. The maximum absolute atomic E-state index is 5.62. The fourth-order valence-electron chi connectivity index (χ4n) is 2.49. The van der Waals surface area contributed by atoms with Crippen molar-refractivity contribution in [2.24, 2.45) is 7.05 Å². The number of nitrogens with zero attached hydrogens (tertiary/aromatic N) is 4. The molecule has 29 heavy (non-hydrogen) atoms. The molecule has 0 aliphatic heterocycles. The van der Waals surface area contributed by atoms with Gasteiger partial charge in [-0.2, -0.15) is 9.97 Å². The second-order valence-corrected chi connectivity index (χ2v) is 6.42. The number of unbranched alkanes of at least 4 members (excludes halogenated alkanes) is 6. The SMILES string of the molecule is CC.CCCCCCCCC.COC/C=C/COc1nc(N)nc2c1ncn2C. The highest BCUT2D eigenvalue weighted by Gasteiger charge is 2.11. The van der Waals surface area contributed by atoms with Crippen molar-refractivity contribution in [3.05, 3.63) is 18.5 Å². The molecule has 0 aromatic carbocycles. The summed E-state index contributed by atoms with van der Waals surface area (Å²) in [6, 6.07) is 0. The minimum absolute atomic E-state index is 0.168. The lowest BCUT2D eigenvalue weighted by molar-refractivity contribution is 0.233. The van der Waals surface area contributed by atoms with Crippen molar-refractivity contribution >= 4 is 17.1 Å². The van der Waals surface area contributed by atoms with Gasteiger partial charge < -0.3 is 19.8 Å². The number of hydrogen-bond donors (Lipinski definition) is 1. The van der Waals surface area contributed by atoms with E-state index in [1.54, 1.807) is 18.0 Å². The zero-order chi connectivity index (χ0) is 21.9. The zero-order valence-electron chi connectivity index (χ0n) is 19.3. The summed E-state index contributed by atoms with van der Waals surface area (Å²) in [5.74, 6) is 0.558. The van der Waals surface area contributed by atoms with Gasteiger partial charge in [-0.3, -0.25) is 0 Å². The first-order chi connectivity index (χ1) is 14.1. The van der Waals surface area contributed by atoms with Crippen molar-refractivity contribution in [3.63, 3.8) is 0 Å². The fraction of sp³-hybridized carbons (Fsp3) is 0.682. The van der Waals surface area contributed by atoms with Crippen LogP contribution < -0.4 is 10.5 Å². The lowest BCUT2D eigenvalue weighted by Crippen LogP contribution is -2.03. The third-order valence-electron chi connectivity index (χ3n) is 4.00. The lowest BCUT2D eigenvalue weighted by Gasteiger charge is -2.04. The lowest BCUT2D eigenvalue weighted by atomic mass is 10.1. The summed E-state index contributed by atoms with van der Waals surface area (Å²) in [4.78, 5) is 12.3. The summed E-state index contributed by atoms with van der Waals surface area (Å²) in [5.41, 5.74) is 6.88. The Hall–Kier alpha value is -2.15. The molecular formula is C22H41N5O2. The smallest absolute Gasteiger partial charge is 0.247 e.